The molecular weight excluding hydrogens is 206 g/mol. The maximum Gasteiger partial charge on any atom is 0.323 e. The first kappa shape index (κ1) is 14.4. The lowest BCUT2D eigenvalue weighted by atomic mass is 10.1. The van der Waals surface area contributed by atoms with Gasteiger partial charge in [-0.15, -0.1) is 6.58 Å². The number of rotatable bonds is 5. The zero-order valence-electron chi connectivity index (χ0n) is 9.80. The molecule has 0 aliphatic rings. The molecule has 0 aromatic rings. The van der Waals surface area contributed by atoms with Gasteiger partial charge in [0.1, 0.15) is 0 Å². The summed E-state index contributed by atoms with van der Waals surface area (Å²) in [4.78, 5) is 21.9. The molecule has 0 saturated heterocycles. The Kier molecular flexibility index (Phi) is 6.87. The maximum absolute atomic E-state index is 11.1. The Balaban J connectivity index is 4.02. The van der Waals surface area contributed by atoms with Crippen LogP contribution in [0, 0.1) is 0 Å². The summed E-state index contributed by atoms with van der Waals surface area (Å²) in [5, 5.41) is 2.48. The van der Waals surface area contributed by atoms with Crippen molar-refractivity contribution in [3.8, 4) is 0 Å². The van der Waals surface area contributed by atoms with Crippen molar-refractivity contribution in [3.05, 3.63) is 23.8 Å². The summed E-state index contributed by atoms with van der Waals surface area (Å²) < 4.78 is 0. The van der Waals surface area contributed by atoms with Crippen LogP contribution in [0.1, 0.15) is 26.7 Å². The lowest BCUT2D eigenvalue weighted by Crippen LogP contribution is -2.43. The van der Waals surface area contributed by atoms with E-state index in [4.69, 9.17) is 5.84 Å². The fraction of sp³-hybridized carbons (Fsp3) is 0.455. The molecule has 16 heavy (non-hydrogen) atoms. The maximum atomic E-state index is 11.1. The molecular formula is C11H19N3O2. The van der Waals surface area contributed by atoms with Gasteiger partial charge < -0.3 is 5.32 Å². The molecule has 0 saturated carbocycles. The molecule has 2 amide bonds. The molecule has 0 radical (unpaired) electrons. The highest BCUT2D eigenvalue weighted by Gasteiger charge is 2.10. The predicted molar refractivity (Wildman–Crippen MR) is 63.1 cm³/mol. The van der Waals surface area contributed by atoms with Crippen LogP contribution in [-0.4, -0.2) is 18.4 Å². The number of amides is 2. The molecule has 90 valence electrons. The molecule has 0 fully saturated rings. The third-order valence-corrected chi connectivity index (χ3v) is 2.09. The molecule has 0 aromatic carbocycles. The number of carbonyl (C=O) groups is 2. The Labute approximate surface area is 95.7 Å². The van der Waals surface area contributed by atoms with E-state index in [1.807, 2.05) is 19.9 Å². The quantitative estimate of drug-likeness (QED) is 0.208. The first-order valence-electron chi connectivity index (χ1n) is 5.08. The molecule has 0 heterocycles. The largest absolute Gasteiger partial charge is 0.344 e. The van der Waals surface area contributed by atoms with E-state index in [0.29, 0.717) is 6.54 Å². The third kappa shape index (κ3) is 5.98. The van der Waals surface area contributed by atoms with E-state index in [1.54, 1.807) is 5.43 Å². The van der Waals surface area contributed by atoms with Crippen LogP contribution in [0.4, 0.5) is 0 Å². The van der Waals surface area contributed by atoms with E-state index >= 15 is 0 Å². The Morgan fingerprint density at radius 1 is 1.31 bits per heavy atom. The topological polar surface area (TPSA) is 84.2 Å². The molecule has 0 rings (SSSR count). The van der Waals surface area contributed by atoms with Crippen molar-refractivity contribution in [2.75, 3.05) is 6.54 Å². The van der Waals surface area contributed by atoms with Crippen molar-refractivity contribution in [1.29, 1.82) is 0 Å². The minimum Gasteiger partial charge on any atom is -0.344 e. The Morgan fingerprint density at radius 2 is 1.94 bits per heavy atom. The summed E-state index contributed by atoms with van der Waals surface area (Å²) in [6.07, 6.45) is 3.62. The number of hydrogen-bond acceptors (Lipinski definition) is 3. The van der Waals surface area contributed by atoms with Crippen molar-refractivity contribution >= 4 is 11.8 Å². The predicted octanol–water partition coefficient (Wildman–Crippen LogP) is 0.395. The van der Waals surface area contributed by atoms with E-state index in [-0.39, 0.29) is 0 Å². The van der Waals surface area contributed by atoms with Crippen molar-refractivity contribution in [2.24, 2.45) is 5.84 Å². The van der Waals surface area contributed by atoms with Gasteiger partial charge in [-0.2, -0.15) is 0 Å². The monoisotopic (exact) mass is 225 g/mol. The zero-order chi connectivity index (χ0) is 12.6. The summed E-state index contributed by atoms with van der Waals surface area (Å²) in [6, 6.07) is 0. The van der Waals surface area contributed by atoms with Gasteiger partial charge in [-0.3, -0.25) is 15.0 Å². The number of nitrogens with two attached hydrogens (primary N) is 1. The third-order valence-electron chi connectivity index (χ3n) is 2.09. The highest BCUT2D eigenvalue weighted by atomic mass is 16.2. The van der Waals surface area contributed by atoms with Gasteiger partial charge in [-0.25, -0.2) is 5.84 Å². The van der Waals surface area contributed by atoms with Crippen LogP contribution in [0.3, 0.4) is 0 Å². The Bertz CT molecular complexity index is 308. The number of hydrazine groups is 1. The van der Waals surface area contributed by atoms with Gasteiger partial charge >= 0.3 is 11.8 Å². The fourth-order valence-corrected chi connectivity index (χ4v) is 1.05. The molecule has 0 aromatic heterocycles. The molecule has 0 atom stereocenters. The van der Waals surface area contributed by atoms with Crippen LogP contribution < -0.4 is 16.6 Å². The lowest BCUT2D eigenvalue weighted by molar-refractivity contribution is -0.139. The number of carbonyl (C=O) groups excluding carboxylic acids is 2. The SMILES string of the molecule is C=C(C)CCC(=CC)CNC(=O)C(=O)NN. The summed E-state index contributed by atoms with van der Waals surface area (Å²) in [7, 11) is 0. The number of nitrogens with one attached hydrogen (secondary N) is 2. The van der Waals surface area contributed by atoms with Gasteiger partial charge in [0.2, 0.25) is 0 Å². The summed E-state index contributed by atoms with van der Waals surface area (Å²) >= 11 is 0. The van der Waals surface area contributed by atoms with E-state index < -0.39 is 11.8 Å². The van der Waals surface area contributed by atoms with Crippen LogP contribution in [0.2, 0.25) is 0 Å². The van der Waals surface area contributed by atoms with Crippen LogP contribution in [-0.2, 0) is 9.59 Å². The molecule has 5 heteroatoms. The first-order chi connectivity index (χ1) is 7.51. The lowest BCUT2D eigenvalue weighted by Gasteiger charge is -2.08. The van der Waals surface area contributed by atoms with Crippen LogP contribution in [0.15, 0.2) is 23.8 Å². The fourth-order valence-electron chi connectivity index (χ4n) is 1.05. The minimum atomic E-state index is -0.838. The highest BCUT2D eigenvalue weighted by Crippen LogP contribution is 2.08. The number of allylic oxidation sites excluding steroid dienone is 2. The van der Waals surface area contributed by atoms with Crippen molar-refractivity contribution < 1.29 is 9.59 Å². The van der Waals surface area contributed by atoms with Gasteiger partial charge in [-0.1, -0.05) is 17.2 Å². The Hall–Kier alpha value is -1.62. The average molecular weight is 225 g/mol. The summed E-state index contributed by atoms with van der Waals surface area (Å²) in [5.41, 5.74) is 3.92. The van der Waals surface area contributed by atoms with Crippen LogP contribution >= 0.6 is 0 Å². The standard InChI is InChI=1S/C11H19N3O2/c1-4-9(6-5-8(2)3)7-13-10(15)11(16)14-12/h4H,2,5-7,12H2,1,3H3,(H,13,15)(H,14,16). The molecule has 0 spiro atoms. The normalized spacial score (nSPS) is 10.8. The molecule has 0 bridgehead atoms. The van der Waals surface area contributed by atoms with E-state index in [0.717, 1.165) is 24.0 Å². The zero-order valence-corrected chi connectivity index (χ0v) is 9.80. The van der Waals surface area contributed by atoms with Crippen LogP contribution in [0.5, 0.6) is 0 Å². The van der Waals surface area contributed by atoms with Gasteiger partial charge in [0.25, 0.3) is 0 Å². The summed E-state index contributed by atoms with van der Waals surface area (Å²) in [5.74, 6) is 3.26. The molecule has 5 nitrogen and oxygen atoms in total. The van der Waals surface area contributed by atoms with E-state index in [1.165, 1.54) is 0 Å². The Morgan fingerprint density at radius 3 is 2.38 bits per heavy atom. The number of hydrogen-bond donors (Lipinski definition) is 3. The van der Waals surface area contributed by atoms with E-state index in [9.17, 15) is 9.59 Å². The van der Waals surface area contributed by atoms with E-state index in [2.05, 4.69) is 11.9 Å². The van der Waals surface area contributed by atoms with Crippen molar-refractivity contribution in [2.45, 2.75) is 26.7 Å². The second kappa shape index (κ2) is 7.64. The van der Waals surface area contributed by atoms with Crippen LogP contribution in [0.25, 0.3) is 0 Å². The van der Waals surface area contributed by atoms with Crippen molar-refractivity contribution in [1.82, 2.24) is 10.7 Å². The molecule has 4 N–H and O–H groups in total. The molecule has 0 aliphatic carbocycles. The van der Waals surface area contributed by atoms with Gasteiger partial charge in [0.15, 0.2) is 0 Å². The second-order valence-corrected chi connectivity index (χ2v) is 3.56. The summed E-state index contributed by atoms with van der Waals surface area (Å²) in [6.45, 7) is 8.00. The first-order valence-corrected chi connectivity index (χ1v) is 5.08. The average Bonchev–Trinajstić information content (AvgIpc) is 2.27. The highest BCUT2D eigenvalue weighted by molar-refractivity contribution is 6.34. The smallest absolute Gasteiger partial charge is 0.323 e. The second-order valence-electron chi connectivity index (χ2n) is 3.56. The molecule has 0 unspecified atom stereocenters. The molecule has 0 aliphatic heterocycles. The van der Waals surface area contributed by atoms with Gasteiger partial charge in [0.05, 0.1) is 0 Å². The van der Waals surface area contributed by atoms with Gasteiger partial charge in [-0.05, 0) is 26.7 Å². The van der Waals surface area contributed by atoms with Crippen molar-refractivity contribution in [3.63, 3.8) is 0 Å². The van der Waals surface area contributed by atoms with Gasteiger partial charge in [0, 0.05) is 6.54 Å². The minimum absolute atomic E-state index is 0.357.